The summed E-state index contributed by atoms with van der Waals surface area (Å²) in [7, 11) is -0.212. The van der Waals surface area contributed by atoms with Crippen molar-refractivity contribution in [2.24, 2.45) is 0 Å². The summed E-state index contributed by atoms with van der Waals surface area (Å²) < 4.78 is 0. The fraction of sp³-hybridized carbons (Fsp3) is 0.208. The molecule has 0 unspecified atom stereocenters. The largest absolute Gasteiger partial charge is 0.507 e. The van der Waals surface area contributed by atoms with E-state index in [1.54, 1.807) is 36.4 Å². The van der Waals surface area contributed by atoms with E-state index in [1.165, 1.54) is 11.1 Å². The maximum Gasteiger partial charge on any atom is 0.123 e. The van der Waals surface area contributed by atoms with Gasteiger partial charge in [0, 0.05) is 30.6 Å². The molecule has 0 radical (unpaired) electrons. The Balaban J connectivity index is 0.000000451. The van der Waals surface area contributed by atoms with Gasteiger partial charge in [0.1, 0.15) is 11.5 Å². The molecule has 0 fully saturated rings. The van der Waals surface area contributed by atoms with Crippen molar-refractivity contribution in [1.29, 1.82) is 0 Å². The van der Waals surface area contributed by atoms with Gasteiger partial charge in [0.25, 0.3) is 0 Å². The van der Waals surface area contributed by atoms with E-state index in [-0.39, 0.29) is 39.8 Å². The van der Waals surface area contributed by atoms with Crippen LogP contribution in [0.4, 0.5) is 0 Å². The maximum atomic E-state index is 9.58. The smallest absolute Gasteiger partial charge is 0.123 e. The Kier molecular flexibility index (Phi) is 13.2. The van der Waals surface area contributed by atoms with Gasteiger partial charge in [0.2, 0.25) is 0 Å². The van der Waals surface area contributed by atoms with Crippen LogP contribution in [0.1, 0.15) is 20.8 Å². The molecule has 0 aliphatic heterocycles. The number of rotatable bonds is 2. The second kappa shape index (κ2) is 14.1. The van der Waals surface area contributed by atoms with Gasteiger partial charge in [0.05, 0.1) is 0 Å². The molecule has 0 spiro atoms. The van der Waals surface area contributed by atoms with Gasteiger partial charge in [-0.1, -0.05) is 66.7 Å². The molecule has 0 atom stereocenters. The van der Waals surface area contributed by atoms with E-state index < -0.39 is 0 Å². The van der Waals surface area contributed by atoms with E-state index in [2.05, 4.69) is 64.2 Å². The van der Waals surface area contributed by atoms with Gasteiger partial charge < -0.3 is 16.1 Å². The van der Waals surface area contributed by atoms with Crippen LogP contribution in [-0.2, 0) is 19.5 Å². The Bertz CT molecular complexity index is 743. The van der Waals surface area contributed by atoms with E-state index in [0.29, 0.717) is 11.1 Å². The normalized spacial score (nSPS) is 9.21. The third kappa shape index (κ3) is 9.87. The fourth-order valence-corrected chi connectivity index (χ4v) is 3.03. The zero-order valence-corrected chi connectivity index (χ0v) is 21.6. The second-order valence-electron chi connectivity index (χ2n) is 6.90. The average Bonchev–Trinajstić information content (AvgIpc) is 2.64. The minimum Gasteiger partial charge on any atom is -0.507 e. The molecule has 3 aromatic carbocycles. The number of hydrogen-bond acceptors (Lipinski definition) is 2. The van der Waals surface area contributed by atoms with Crippen molar-refractivity contribution < 1.29 is 29.7 Å². The molecule has 2 nitrogen and oxygen atoms in total. The van der Waals surface area contributed by atoms with Gasteiger partial charge >= 0.3 is 0 Å². The average molecular weight is 444 g/mol. The number of phenolic OH excluding ortho intramolecular Hbond substituents is 2. The number of phenols is 2. The summed E-state index contributed by atoms with van der Waals surface area (Å²) in [6.07, 6.45) is 0. The van der Waals surface area contributed by atoms with E-state index >= 15 is 0 Å². The zero-order valence-electron chi connectivity index (χ0n) is 17.6. The van der Waals surface area contributed by atoms with Crippen molar-refractivity contribution >= 4 is 14.0 Å². The molecule has 4 heteroatoms. The predicted octanol–water partition coefficient (Wildman–Crippen LogP) is 6.03. The van der Waals surface area contributed by atoms with Crippen LogP contribution in [-0.4, -0.2) is 19.0 Å². The number of aromatic hydroxyl groups is 2. The molecule has 146 valence electrons. The first-order chi connectivity index (χ1) is 12.8. The Morgan fingerprint density at radius 2 is 0.929 bits per heavy atom. The van der Waals surface area contributed by atoms with Crippen LogP contribution < -0.4 is 5.19 Å². The van der Waals surface area contributed by atoms with Crippen LogP contribution in [0.15, 0.2) is 78.9 Å². The van der Waals surface area contributed by atoms with Crippen LogP contribution in [0.25, 0.3) is 11.1 Å². The number of para-hydroxylation sites is 2. The van der Waals surface area contributed by atoms with Crippen molar-refractivity contribution in [3.05, 3.63) is 84.8 Å². The molecule has 0 aromatic heterocycles. The van der Waals surface area contributed by atoms with E-state index in [1.807, 2.05) is 12.1 Å². The topological polar surface area (TPSA) is 40.5 Å². The number of benzene rings is 3. The quantitative estimate of drug-likeness (QED) is 0.375. The Labute approximate surface area is 184 Å². The summed E-state index contributed by atoms with van der Waals surface area (Å²) in [5, 5.41) is 20.7. The Morgan fingerprint density at radius 1 is 0.607 bits per heavy atom. The van der Waals surface area contributed by atoms with Crippen LogP contribution in [0.5, 0.6) is 11.5 Å². The third-order valence-electron chi connectivity index (χ3n) is 3.45. The molecule has 3 rings (SSSR count). The molecule has 0 heterocycles. The fourth-order valence-electron chi connectivity index (χ4n) is 2.17. The molecule has 3 aromatic rings. The molecule has 2 N–H and O–H groups in total. The molecule has 0 saturated carbocycles. The van der Waals surface area contributed by atoms with Gasteiger partial charge in [0.15, 0.2) is 0 Å². The second-order valence-corrected chi connectivity index (χ2v) is 9.48. The van der Waals surface area contributed by atoms with E-state index in [9.17, 15) is 10.2 Å². The van der Waals surface area contributed by atoms with E-state index in [0.717, 1.165) is 0 Å². The van der Waals surface area contributed by atoms with Crippen molar-refractivity contribution in [1.82, 2.24) is 0 Å². The molecule has 0 bridgehead atoms. The Morgan fingerprint density at radius 3 is 1.21 bits per heavy atom. The van der Waals surface area contributed by atoms with Gasteiger partial charge in [-0.05, 0) is 12.1 Å². The summed E-state index contributed by atoms with van der Waals surface area (Å²) in [5.74, 6) is 1.77. The number of hydrogen-bond donors (Lipinski definition) is 2. The first kappa shape index (κ1) is 26.1. The maximum absolute atomic E-state index is 9.58. The van der Waals surface area contributed by atoms with E-state index in [4.69, 9.17) is 0 Å². The summed E-state index contributed by atoms with van der Waals surface area (Å²) in [6, 6.07) is 24.6. The molecular formula is C24H30O2SiZn-2. The van der Waals surface area contributed by atoms with Crippen LogP contribution in [0.3, 0.4) is 0 Å². The van der Waals surface area contributed by atoms with Crippen molar-refractivity contribution in [2.45, 2.75) is 33.9 Å². The summed E-state index contributed by atoms with van der Waals surface area (Å²) in [5.41, 5.74) is 1.29. The molecular weight excluding hydrogens is 414 g/mol. The summed E-state index contributed by atoms with van der Waals surface area (Å²) in [4.78, 5) is 0. The van der Waals surface area contributed by atoms with Gasteiger partial charge in [-0.3, -0.25) is 8.80 Å². The predicted molar refractivity (Wildman–Crippen MR) is 119 cm³/mol. The van der Waals surface area contributed by atoms with Crippen LogP contribution in [0.2, 0.25) is 13.1 Å². The van der Waals surface area contributed by atoms with Gasteiger partial charge in [-0.25, -0.2) is 0 Å². The minimum atomic E-state index is -0.212. The molecule has 0 saturated heterocycles. The monoisotopic (exact) mass is 442 g/mol. The van der Waals surface area contributed by atoms with Gasteiger partial charge in [-0.15, -0.1) is 0 Å². The SMILES string of the molecule is C[C-](C)C.C[Si-](C)c1ccccc1.Oc1ccccc1-c1ccccc1O.[Zn]. The van der Waals surface area contributed by atoms with Crippen LogP contribution >= 0.6 is 0 Å². The van der Waals surface area contributed by atoms with Crippen molar-refractivity contribution in [2.75, 3.05) is 0 Å². The Hall–Kier alpha value is -1.90. The molecule has 0 aliphatic rings. The first-order valence-corrected chi connectivity index (χ1v) is 11.5. The molecule has 28 heavy (non-hydrogen) atoms. The van der Waals surface area contributed by atoms with Crippen LogP contribution in [0, 0.1) is 5.92 Å². The van der Waals surface area contributed by atoms with Gasteiger partial charge in [-0.2, -0.15) is 39.1 Å². The zero-order chi connectivity index (χ0) is 20.2. The van der Waals surface area contributed by atoms with Crippen molar-refractivity contribution in [3.63, 3.8) is 0 Å². The van der Waals surface area contributed by atoms with Crippen molar-refractivity contribution in [3.8, 4) is 22.6 Å². The summed E-state index contributed by atoms with van der Waals surface area (Å²) >= 11 is 0. The minimum absolute atomic E-state index is 0. The standard InChI is InChI=1S/C12H10O2.C8H11Si.C4H9.Zn/c13-11-7-3-1-5-9(11)10-6-2-4-8-12(10)14;1-9(2)8-6-4-3-5-7-8;1-4(2)3;/h1-8,13-14H;3-7H,1-2H3;1-3H3;/q;2*-1;. The molecule has 0 aliphatic carbocycles. The third-order valence-corrected chi connectivity index (χ3v) is 4.94. The summed E-state index contributed by atoms with van der Waals surface area (Å²) in [6.45, 7) is 10.9. The first-order valence-electron chi connectivity index (χ1n) is 9.01. The molecule has 0 amide bonds.